The molecule has 0 radical (unpaired) electrons. The van der Waals surface area contributed by atoms with E-state index in [9.17, 15) is 4.79 Å². The summed E-state index contributed by atoms with van der Waals surface area (Å²) in [5.41, 5.74) is 5.02. The molecule has 5 nitrogen and oxygen atoms in total. The molecule has 0 aliphatic heterocycles. The van der Waals surface area contributed by atoms with Gasteiger partial charge >= 0.3 is 5.91 Å². The number of hydrazone groups is 1. The van der Waals surface area contributed by atoms with Crippen LogP contribution in [0.4, 0.5) is 0 Å². The maximum atomic E-state index is 12.1. The van der Waals surface area contributed by atoms with E-state index in [2.05, 4.69) is 20.5 Å². The fourth-order valence-corrected chi connectivity index (χ4v) is 2.06. The molecule has 0 atom stereocenters. The number of nitrogens with one attached hydrogen (secondary N) is 1. The van der Waals surface area contributed by atoms with Gasteiger partial charge in [-0.3, -0.25) is 4.79 Å². The Morgan fingerprint density at radius 2 is 1.30 bits per heavy atom. The summed E-state index contributed by atoms with van der Waals surface area (Å²) in [6.07, 6.45) is 3.03. The van der Waals surface area contributed by atoms with Crippen LogP contribution in [0.15, 0.2) is 84.2 Å². The van der Waals surface area contributed by atoms with E-state index in [-0.39, 0.29) is 5.82 Å². The van der Waals surface area contributed by atoms with Crippen molar-refractivity contribution in [1.82, 2.24) is 15.4 Å². The molecule has 23 heavy (non-hydrogen) atoms. The minimum absolute atomic E-state index is 0.0803. The molecule has 0 unspecified atom stereocenters. The van der Waals surface area contributed by atoms with Crippen LogP contribution in [0.3, 0.4) is 0 Å². The van der Waals surface area contributed by atoms with E-state index in [4.69, 9.17) is 0 Å². The second-order valence-corrected chi connectivity index (χ2v) is 4.71. The average molecular weight is 302 g/mol. The first-order chi connectivity index (χ1) is 11.3. The van der Waals surface area contributed by atoms with Crippen LogP contribution in [0.2, 0.25) is 0 Å². The Labute approximate surface area is 133 Å². The van der Waals surface area contributed by atoms with Gasteiger partial charge in [0.05, 0.1) is 5.71 Å². The van der Waals surface area contributed by atoms with Crippen molar-refractivity contribution in [3.63, 3.8) is 0 Å². The van der Waals surface area contributed by atoms with E-state index in [0.29, 0.717) is 5.71 Å². The van der Waals surface area contributed by atoms with Crippen molar-refractivity contribution in [3.8, 4) is 0 Å². The van der Waals surface area contributed by atoms with E-state index >= 15 is 0 Å². The molecule has 1 aromatic heterocycles. The Kier molecular flexibility index (Phi) is 4.49. The highest BCUT2D eigenvalue weighted by atomic mass is 16.2. The third kappa shape index (κ3) is 3.65. The van der Waals surface area contributed by atoms with Crippen LogP contribution in [0.1, 0.15) is 21.7 Å². The minimum atomic E-state index is -0.449. The molecule has 0 aliphatic carbocycles. The molecule has 5 heteroatoms. The standard InChI is InChI=1S/C18H14N4O/c23-18(17-19-12-7-13-20-17)22-21-16(14-8-3-1-4-9-14)15-10-5-2-6-11-15/h1-13H,(H,22,23). The molecule has 0 aliphatic rings. The van der Waals surface area contributed by atoms with Crippen LogP contribution in [0.5, 0.6) is 0 Å². The molecule has 1 amide bonds. The zero-order valence-electron chi connectivity index (χ0n) is 12.3. The first-order valence-corrected chi connectivity index (χ1v) is 7.10. The summed E-state index contributed by atoms with van der Waals surface area (Å²) in [4.78, 5) is 19.9. The lowest BCUT2D eigenvalue weighted by molar-refractivity contribution is 0.0944. The molecule has 0 spiro atoms. The fraction of sp³-hybridized carbons (Fsp3) is 0. The highest BCUT2D eigenvalue weighted by molar-refractivity contribution is 6.13. The molecular weight excluding hydrogens is 288 g/mol. The number of amides is 1. The van der Waals surface area contributed by atoms with Crippen LogP contribution in [-0.2, 0) is 0 Å². The fourth-order valence-electron chi connectivity index (χ4n) is 2.06. The van der Waals surface area contributed by atoms with Crippen molar-refractivity contribution in [1.29, 1.82) is 0 Å². The van der Waals surface area contributed by atoms with Gasteiger partial charge < -0.3 is 0 Å². The van der Waals surface area contributed by atoms with Gasteiger partial charge in [0.2, 0.25) is 5.82 Å². The summed E-state index contributed by atoms with van der Waals surface area (Å²) in [6, 6.07) is 21.0. The Bertz CT molecular complexity index is 761. The summed E-state index contributed by atoms with van der Waals surface area (Å²) < 4.78 is 0. The van der Waals surface area contributed by atoms with Gasteiger partial charge in [-0.2, -0.15) is 5.10 Å². The van der Waals surface area contributed by atoms with Crippen molar-refractivity contribution < 1.29 is 4.79 Å². The smallest absolute Gasteiger partial charge is 0.264 e. The molecule has 0 fully saturated rings. The van der Waals surface area contributed by atoms with E-state index in [1.54, 1.807) is 6.07 Å². The molecule has 112 valence electrons. The largest absolute Gasteiger partial charge is 0.309 e. The van der Waals surface area contributed by atoms with Crippen LogP contribution in [-0.4, -0.2) is 21.6 Å². The van der Waals surface area contributed by atoms with Gasteiger partial charge in [0.15, 0.2) is 0 Å². The summed E-state index contributed by atoms with van der Waals surface area (Å²) in [5, 5.41) is 4.28. The lowest BCUT2D eigenvalue weighted by Gasteiger charge is -2.07. The first-order valence-electron chi connectivity index (χ1n) is 7.10. The number of benzene rings is 2. The number of aromatic nitrogens is 2. The first kappa shape index (κ1) is 14.6. The third-order valence-corrected chi connectivity index (χ3v) is 3.13. The SMILES string of the molecule is O=C(NN=C(c1ccccc1)c1ccccc1)c1ncccn1. The van der Waals surface area contributed by atoms with Crippen molar-refractivity contribution in [2.24, 2.45) is 5.10 Å². The lowest BCUT2D eigenvalue weighted by atomic mass is 10.0. The monoisotopic (exact) mass is 302 g/mol. The van der Waals surface area contributed by atoms with Gasteiger partial charge in [0, 0.05) is 23.5 Å². The highest BCUT2D eigenvalue weighted by Crippen LogP contribution is 2.10. The van der Waals surface area contributed by atoms with Gasteiger partial charge in [-0.1, -0.05) is 60.7 Å². The average Bonchev–Trinajstić information content (AvgIpc) is 2.64. The van der Waals surface area contributed by atoms with Crippen molar-refractivity contribution in [3.05, 3.63) is 96.1 Å². The maximum absolute atomic E-state index is 12.1. The molecule has 1 N–H and O–H groups in total. The number of nitrogens with zero attached hydrogens (tertiary/aromatic N) is 3. The van der Waals surface area contributed by atoms with Gasteiger partial charge in [0.25, 0.3) is 0 Å². The van der Waals surface area contributed by atoms with Crippen molar-refractivity contribution in [2.45, 2.75) is 0 Å². The number of carbonyl (C=O) groups excluding carboxylic acids is 1. The quantitative estimate of drug-likeness (QED) is 0.595. The molecule has 0 saturated carbocycles. The van der Waals surface area contributed by atoms with Crippen LogP contribution in [0, 0.1) is 0 Å². The van der Waals surface area contributed by atoms with Gasteiger partial charge in [-0.05, 0) is 6.07 Å². The van der Waals surface area contributed by atoms with Crippen LogP contribution >= 0.6 is 0 Å². The van der Waals surface area contributed by atoms with E-state index in [1.807, 2.05) is 60.7 Å². The predicted molar refractivity (Wildman–Crippen MR) is 88.0 cm³/mol. The van der Waals surface area contributed by atoms with Crippen LogP contribution < -0.4 is 5.43 Å². The van der Waals surface area contributed by atoms with Gasteiger partial charge in [0.1, 0.15) is 0 Å². The highest BCUT2D eigenvalue weighted by Gasteiger charge is 2.10. The third-order valence-electron chi connectivity index (χ3n) is 3.13. The molecular formula is C18H14N4O. The molecule has 3 rings (SSSR count). The topological polar surface area (TPSA) is 67.2 Å². The zero-order chi connectivity index (χ0) is 15.9. The molecule has 1 heterocycles. The Hall–Kier alpha value is -3.34. The van der Waals surface area contributed by atoms with Gasteiger partial charge in [-0.25, -0.2) is 15.4 Å². The zero-order valence-corrected chi connectivity index (χ0v) is 12.3. The lowest BCUT2D eigenvalue weighted by Crippen LogP contribution is -2.22. The number of hydrogen-bond acceptors (Lipinski definition) is 4. The molecule has 2 aromatic carbocycles. The second-order valence-electron chi connectivity index (χ2n) is 4.71. The Balaban J connectivity index is 1.91. The minimum Gasteiger partial charge on any atom is -0.264 e. The molecule has 3 aromatic rings. The molecule has 0 saturated heterocycles. The van der Waals surface area contributed by atoms with Gasteiger partial charge in [-0.15, -0.1) is 0 Å². The maximum Gasteiger partial charge on any atom is 0.309 e. The Morgan fingerprint density at radius 1 is 0.783 bits per heavy atom. The van der Waals surface area contributed by atoms with E-state index < -0.39 is 5.91 Å². The van der Waals surface area contributed by atoms with Crippen LogP contribution in [0.25, 0.3) is 0 Å². The summed E-state index contributed by atoms with van der Waals surface area (Å²) in [7, 11) is 0. The summed E-state index contributed by atoms with van der Waals surface area (Å²) in [5.74, 6) is -0.369. The summed E-state index contributed by atoms with van der Waals surface area (Å²) >= 11 is 0. The van der Waals surface area contributed by atoms with Crippen molar-refractivity contribution >= 4 is 11.6 Å². The second kappa shape index (κ2) is 7.09. The number of hydrogen-bond donors (Lipinski definition) is 1. The predicted octanol–water partition coefficient (Wildman–Crippen LogP) is 2.66. The number of carbonyl (C=O) groups is 1. The van der Waals surface area contributed by atoms with E-state index in [0.717, 1.165) is 11.1 Å². The normalized spacial score (nSPS) is 9.91. The van der Waals surface area contributed by atoms with Crippen molar-refractivity contribution in [2.75, 3.05) is 0 Å². The summed E-state index contributed by atoms with van der Waals surface area (Å²) in [6.45, 7) is 0. The van der Waals surface area contributed by atoms with E-state index in [1.165, 1.54) is 12.4 Å². The number of rotatable bonds is 4. The molecule has 0 bridgehead atoms. The Morgan fingerprint density at radius 3 is 1.83 bits per heavy atom.